The summed E-state index contributed by atoms with van der Waals surface area (Å²) in [6.07, 6.45) is 6.64. The van der Waals surface area contributed by atoms with E-state index in [9.17, 15) is 0 Å². The summed E-state index contributed by atoms with van der Waals surface area (Å²) in [6, 6.07) is 55.5. The second-order valence-electron chi connectivity index (χ2n) is 13.9. The highest BCUT2D eigenvalue weighted by Crippen LogP contribution is 2.33. The Hall–Kier alpha value is -6.78. The lowest BCUT2D eigenvalue weighted by Crippen LogP contribution is -2.01. The third-order valence-electron chi connectivity index (χ3n) is 10.2. The van der Waals surface area contributed by atoms with Gasteiger partial charge in [-0.2, -0.15) is 0 Å². The van der Waals surface area contributed by atoms with Crippen LogP contribution in [0.4, 0.5) is 0 Å². The van der Waals surface area contributed by atoms with Gasteiger partial charge in [-0.05, 0) is 106 Å². The summed E-state index contributed by atoms with van der Waals surface area (Å²) in [7, 11) is 0. The lowest BCUT2D eigenvalue weighted by atomic mass is 9.95. The number of rotatable bonds is 4. The molecule has 1 aliphatic carbocycles. The van der Waals surface area contributed by atoms with E-state index in [0.717, 1.165) is 58.2 Å². The number of aromatic nitrogens is 4. The van der Waals surface area contributed by atoms with Crippen molar-refractivity contribution in [1.82, 2.24) is 19.9 Å². The van der Waals surface area contributed by atoms with E-state index < -0.39 is 0 Å². The third-order valence-corrected chi connectivity index (χ3v) is 10.2. The highest BCUT2D eigenvalue weighted by atomic mass is 15.0. The zero-order valence-corrected chi connectivity index (χ0v) is 30.4. The Kier molecular flexibility index (Phi) is 8.78. The average molecular weight is 695 g/mol. The fourth-order valence-corrected chi connectivity index (χ4v) is 7.51. The van der Waals surface area contributed by atoms with Gasteiger partial charge in [-0.1, -0.05) is 146 Å². The molecule has 0 N–H and O–H groups in total. The van der Waals surface area contributed by atoms with Gasteiger partial charge in [0.25, 0.3) is 0 Å². The van der Waals surface area contributed by atoms with Gasteiger partial charge < -0.3 is 0 Å². The van der Waals surface area contributed by atoms with Crippen molar-refractivity contribution < 1.29 is 0 Å². The molecule has 0 amide bonds. The monoisotopic (exact) mass is 694 g/mol. The molecule has 0 aliphatic heterocycles. The normalized spacial score (nSPS) is 12.0. The Balaban J connectivity index is 0.000000142. The lowest BCUT2D eigenvalue weighted by molar-refractivity contribution is 0.979. The van der Waals surface area contributed by atoms with Crippen molar-refractivity contribution in [2.24, 2.45) is 0 Å². The summed E-state index contributed by atoms with van der Waals surface area (Å²) in [5.74, 6) is 2.19. The molecule has 0 fully saturated rings. The molecule has 0 atom stereocenters. The van der Waals surface area contributed by atoms with E-state index in [1.165, 1.54) is 54.7 Å². The standard InChI is InChI=1S/C26H19N.C24H19N3/c1-18-15-23(22-14-13-19-7-2-3-9-21(19)16-22)17-26(27-18)25-12-6-10-20-8-4-5-11-24(20)25;1-16-25-23(20-14-13-17-7-2-3-9-19(17)15-20)27-24(26-16)22-12-6-10-18-8-4-5-11-21(18)22/h2-17H,1H3;3-6,8-15H,2,7H2,1H3. The molecule has 0 bridgehead atoms. The molecule has 7 aromatic carbocycles. The minimum Gasteiger partial charge on any atom is -0.253 e. The maximum Gasteiger partial charge on any atom is 0.164 e. The van der Waals surface area contributed by atoms with Crippen LogP contribution in [0.5, 0.6) is 0 Å². The van der Waals surface area contributed by atoms with Gasteiger partial charge in [0.1, 0.15) is 5.82 Å². The van der Waals surface area contributed by atoms with Crippen LogP contribution in [0.1, 0.15) is 29.1 Å². The molecule has 258 valence electrons. The number of hydrogen-bond acceptors (Lipinski definition) is 4. The molecular formula is C50H38N4. The van der Waals surface area contributed by atoms with Crippen LogP contribution in [-0.4, -0.2) is 19.9 Å². The number of fused-ring (bicyclic) bond motifs is 4. The third kappa shape index (κ3) is 6.66. The first kappa shape index (κ1) is 33.1. The summed E-state index contributed by atoms with van der Waals surface area (Å²) in [5.41, 5.74) is 10.4. The number of pyridine rings is 1. The highest BCUT2D eigenvalue weighted by molar-refractivity contribution is 5.97. The molecule has 0 spiro atoms. The molecular weight excluding hydrogens is 657 g/mol. The number of benzene rings is 7. The molecule has 0 saturated heterocycles. The van der Waals surface area contributed by atoms with Gasteiger partial charge >= 0.3 is 0 Å². The van der Waals surface area contributed by atoms with Crippen molar-refractivity contribution in [3.05, 3.63) is 186 Å². The zero-order valence-electron chi connectivity index (χ0n) is 30.4. The number of aryl methyl sites for hydroxylation is 3. The van der Waals surface area contributed by atoms with Crippen LogP contribution < -0.4 is 0 Å². The molecule has 4 nitrogen and oxygen atoms in total. The molecule has 9 aromatic rings. The number of allylic oxidation sites excluding steroid dienone is 1. The fourth-order valence-electron chi connectivity index (χ4n) is 7.51. The van der Waals surface area contributed by atoms with E-state index in [-0.39, 0.29) is 0 Å². The summed E-state index contributed by atoms with van der Waals surface area (Å²) in [4.78, 5) is 18.9. The first-order valence-electron chi connectivity index (χ1n) is 18.5. The van der Waals surface area contributed by atoms with Crippen LogP contribution in [0.25, 0.3) is 83.6 Å². The molecule has 0 radical (unpaired) electrons. The molecule has 2 aromatic heterocycles. The topological polar surface area (TPSA) is 51.6 Å². The van der Waals surface area contributed by atoms with Gasteiger partial charge in [-0.25, -0.2) is 15.0 Å². The summed E-state index contributed by atoms with van der Waals surface area (Å²) >= 11 is 0. The Labute approximate surface area is 315 Å². The maximum atomic E-state index is 4.84. The van der Waals surface area contributed by atoms with Crippen molar-refractivity contribution >= 4 is 38.4 Å². The minimum atomic E-state index is 0.725. The summed E-state index contributed by atoms with van der Waals surface area (Å²) < 4.78 is 0. The van der Waals surface area contributed by atoms with Gasteiger partial charge in [0.2, 0.25) is 0 Å². The molecule has 54 heavy (non-hydrogen) atoms. The van der Waals surface area contributed by atoms with Crippen molar-refractivity contribution in [3.63, 3.8) is 0 Å². The summed E-state index contributed by atoms with van der Waals surface area (Å²) in [6.45, 7) is 4.00. The number of hydrogen-bond donors (Lipinski definition) is 0. The van der Waals surface area contributed by atoms with Crippen molar-refractivity contribution in [2.75, 3.05) is 0 Å². The van der Waals surface area contributed by atoms with Gasteiger partial charge in [0.05, 0.1) is 5.69 Å². The quantitative estimate of drug-likeness (QED) is 0.184. The van der Waals surface area contributed by atoms with Crippen LogP contribution in [0.3, 0.4) is 0 Å². The van der Waals surface area contributed by atoms with Crippen molar-refractivity contribution in [3.8, 4) is 45.2 Å². The Bertz CT molecular complexity index is 2860. The average Bonchev–Trinajstić information content (AvgIpc) is 3.22. The van der Waals surface area contributed by atoms with Crippen LogP contribution in [-0.2, 0) is 6.42 Å². The molecule has 0 unspecified atom stereocenters. The van der Waals surface area contributed by atoms with Crippen molar-refractivity contribution in [1.29, 1.82) is 0 Å². The van der Waals surface area contributed by atoms with E-state index >= 15 is 0 Å². The predicted octanol–water partition coefficient (Wildman–Crippen LogP) is 12.7. The Morgan fingerprint density at radius 1 is 0.444 bits per heavy atom. The fraction of sp³-hybridized carbons (Fsp3) is 0.0800. The van der Waals surface area contributed by atoms with Gasteiger partial charge in [-0.15, -0.1) is 0 Å². The first-order valence-corrected chi connectivity index (χ1v) is 18.5. The molecule has 4 heteroatoms. The van der Waals surface area contributed by atoms with E-state index in [4.69, 9.17) is 9.97 Å². The summed E-state index contributed by atoms with van der Waals surface area (Å²) in [5, 5.41) is 7.35. The lowest BCUT2D eigenvalue weighted by Gasteiger charge is -2.12. The van der Waals surface area contributed by atoms with Gasteiger partial charge in [-0.3, -0.25) is 4.98 Å². The second-order valence-corrected chi connectivity index (χ2v) is 13.9. The van der Waals surface area contributed by atoms with Crippen LogP contribution >= 0.6 is 0 Å². The smallest absolute Gasteiger partial charge is 0.164 e. The minimum absolute atomic E-state index is 0.725. The Morgan fingerprint density at radius 3 is 1.89 bits per heavy atom. The van der Waals surface area contributed by atoms with Crippen molar-refractivity contribution in [2.45, 2.75) is 26.7 Å². The second kappa shape index (κ2) is 14.3. The zero-order chi connectivity index (χ0) is 36.4. The van der Waals surface area contributed by atoms with Crippen LogP contribution in [0.2, 0.25) is 0 Å². The molecule has 0 saturated carbocycles. The highest BCUT2D eigenvalue weighted by Gasteiger charge is 2.14. The predicted molar refractivity (Wildman–Crippen MR) is 225 cm³/mol. The first-order chi connectivity index (χ1) is 26.6. The Morgan fingerprint density at radius 2 is 1.09 bits per heavy atom. The molecule has 1 aliphatic rings. The van der Waals surface area contributed by atoms with Crippen LogP contribution in [0, 0.1) is 13.8 Å². The SMILES string of the molecule is Cc1cc(-c2ccc3ccccc3c2)cc(-c2cccc3ccccc23)n1.Cc1nc(-c2ccc3c(c2)C=CCC3)nc(-c2cccc3ccccc23)n1. The van der Waals surface area contributed by atoms with E-state index in [1.807, 2.05) is 6.92 Å². The maximum absolute atomic E-state index is 4.84. The molecule has 2 heterocycles. The van der Waals surface area contributed by atoms with Gasteiger partial charge in [0, 0.05) is 22.4 Å². The molecule has 10 rings (SSSR count). The van der Waals surface area contributed by atoms with Gasteiger partial charge in [0.15, 0.2) is 11.6 Å². The van der Waals surface area contributed by atoms with E-state index in [2.05, 4.69) is 187 Å². The number of nitrogens with zero attached hydrogens (tertiary/aromatic N) is 4. The van der Waals surface area contributed by atoms with E-state index in [0.29, 0.717) is 0 Å². The van der Waals surface area contributed by atoms with Crippen LogP contribution in [0.15, 0.2) is 164 Å². The van der Waals surface area contributed by atoms with E-state index in [1.54, 1.807) is 0 Å². The largest absolute Gasteiger partial charge is 0.253 e.